The van der Waals surface area contributed by atoms with Crippen LogP contribution in [0.15, 0.2) is 23.1 Å². The van der Waals surface area contributed by atoms with E-state index in [1.165, 1.54) is 31.7 Å². The van der Waals surface area contributed by atoms with Gasteiger partial charge < -0.3 is 9.84 Å². The molecule has 126 valence electrons. The molecule has 0 saturated heterocycles. The van der Waals surface area contributed by atoms with Crippen molar-refractivity contribution in [2.75, 3.05) is 13.2 Å². The number of nitrogens with two attached hydrogens (primary N) is 1. The molecular formula is C16H27NO4S. The SMILES string of the molecule is CCCCCCCCc1cc(OCCO)ccc1S(N)(=O)=O. The van der Waals surface area contributed by atoms with Crippen molar-refractivity contribution in [1.82, 2.24) is 0 Å². The van der Waals surface area contributed by atoms with Crippen molar-refractivity contribution in [1.29, 1.82) is 0 Å². The Morgan fingerprint density at radius 3 is 2.45 bits per heavy atom. The standard InChI is InChI=1S/C16H27NO4S/c1-2-3-4-5-6-7-8-14-13-15(21-12-11-18)9-10-16(14)22(17,19)20/h9-10,13,18H,2-8,11-12H2,1H3,(H2,17,19,20). The quantitative estimate of drug-likeness (QED) is 0.611. The van der Waals surface area contributed by atoms with Gasteiger partial charge in [0.2, 0.25) is 10.0 Å². The van der Waals surface area contributed by atoms with Gasteiger partial charge in [0, 0.05) is 0 Å². The van der Waals surface area contributed by atoms with E-state index in [1.807, 2.05) is 0 Å². The maximum absolute atomic E-state index is 11.7. The molecule has 0 saturated carbocycles. The van der Waals surface area contributed by atoms with Gasteiger partial charge in [-0.05, 0) is 36.6 Å². The zero-order valence-electron chi connectivity index (χ0n) is 13.3. The van der Waals surface area contributed by atoms with Crippen molar-refractivity contribution in [3.63, 3.8) is 0 Å². The number of hydrogen-bond donors (Lipinski definition) is 2. The molecule has 5 nitrogen and oxygen atoms in total. The highest BCUT2D eigenvalue weighted by molar-refractivity contribution is 7.89. The van der Waals surface area contributed by atoms with E-state index < -0.39 is 10.0 Å². The molecule has 0 unspecified atom stereocenters. The normalized spacial score (nSPS) is 11.6. The van der Waals surface area contributed by atoms with E-state index in [9.17, 15) is 8.42 Å². The van der Waals surface area contributed by atoms with Crippen molar-refractivity contribution in [3.05, 3.63) is 23.8 Å². The lowest BCUT2D eigenvalue weighted by atomic mass is 10.0. The van der Waals surface area contributed by atoms with E-state index in [0.29, 0.717) is 17.7 Å². The third-order valence-corrected chi connectivity index (χ3v) is 4.51. The van der Waals surface area contributed by atoms with Crippen LogP contribution in [0.25, 0.3) is 0 Å². The maximum atomic E-state index is 11.7. The van der Waals surface area contributed by atoms with Gasteiger partial charge >= 0.3 is 0 Å². The van der Waals surface area contributed by atoms with E-state index in [0.717, 1.165) is 12.8 Å². The molecule has 0 aliphatic rings. The molecule has 6 heteroatoms. The Morgan fingerprint density at radius 2 is 1.82 bits per heavy atom. The second-order valence-electron chi connectivity index (χ2n) is 5.40. The fourth-order valence-corrected chi connectivity index (χ4v) is 3.16. The van der Waals surface area contributed by atoms with Gasteiger partial charge in [0.25, 0.3) is 0 Å². The lowest BCUT2D eigenvalue weighted by Gasteiger charge is -2.11. The Hall–Kier alpha value is -1.11. The number of primary sulfonamides is 1. The number of hydrogen-bond acceptors (Lipinski definition) is 4. The Balaban J connectivity index is 2.70. The minimum Gasteiger partial charge on any atom is -0.491 e. The molecule has 1 rings (SSSR count). The van der Waals surface area contributed by atoms with Gasteiger partial charge in [0.1, 0.15) is 12.4 Å². The Bertz CT molecular complexity index is 543. The smallest absolute Gasteiger partial charge is 0.238 e. The van der Waals surface area contributed by atoms with Crippen LogP contribution in [0.3, 0.4) is 0 Å². The second kappa shape index (κ2) is 9.82. The molecule has 1 aromatic carbocycles. The van der Waals surface area contributed by atoms with E-state index in [2.05, 4.69) is 6.92 Å². The van der Waals surface area contributed by atoms with Gasteiger partial charge in [0.15, 0.2) is 0 Å². The predicted molar refractivity (Wildman–Crippen MR) is 87.5 cm³/mol. The Morgan fingerprint density at radius 1 is 1.14 bits per heavy atom. The lowest BCUT2D eigenvalue weighted by Crippen LogP contribution is -2.15. The first-order chi connectivity index (χ1) is 10.5. The molecule has 22 heavy (non-hydrogen) atoms. The van der Waals surface area contributed by atoms with Crippen LogP contribution in [0.5, 0.6) is 5.75 Å². The van der Waals surface area contributed by atoms with Gasteiger partial charge in [-0.15, -0.1) is 0 Å². The van der Waals surface area contributed by atoms with Crippen molar-refractivity contribution >= 4 is 10.0 Å². The average Bonchev–Trinajstić information content (AvgIpc) is 2.47. The second-order valence-corrected chi connectivity index (χ2v) is 6.93. The van der Waals surface area contributed by atoms with Crippen LogP contribution in [-0.4, -0.2) is 26.7 Å². The average molecular weight is 329 g/mol. The number of rotatable bonds is 11. The molecule has 0 aliphatic carbocycles. The summed E-state index contributed by atoms with van der Waals surface area (Å²) in [5.74, 6) is 0.558. The van der Waals surface area contributed by atoms with Crippen LogP contribution >= 0.6 is 0 Å². The topological polar surface area (TPSA) is 89.6 Å². The van der Waals surface area contributed by atoms with E-state index in [4.69, 9.17) is 15.0 Å². The number of benzene rings is 1. The first kappa shape index (κ1) is 18.9. The summed E-state index contributed by atoms with van der Waals surface area (Å²) in [5, 5.41) is 14.1. The molecule has 0 bridgehead atoms. The van der Waals surface area contributed by atoms with Crippen LogP contribution in [0.2, 0.25) is 0 Å². The molecule has 0 spiro atoms. The molecule has 3 N–H and O–H groups in total. The largest absolute Gasteiger partial charge is 0.491 e. The summed E-state index contributed by atoms with van der Waals surface area (Å²) in [6.45, 7) is 2.28. The summed E-state index contributed by atoms with van der Waals surface area (Å²) in [5.41, 5.74) is 0.688. The first-order valence-electron chi connectivity index (χ1n) is 7.88. The summed E-state index contributed by atoms with van der Waals surface area (Å²) >= 11 is 0. The minimum atomic E-state index is -3.73. The summed E-state index contributed by atoms with van der Waals surface area (Å²) in [7, 11) is -3.73. The van der Waals surface area contributed by atoms with Crippen molar-refractivity contribution < 1.29 is 18.3 Å². The van der Waals surface area contributed by atoms with Crippen LogP contribution in [0.4, 0.5) is 0 Å². The molecule has 1 aromatic rings. The highest BCUT2D eigenvalue weighted by atomic mass is 32.2. The van der Waals surface area contributed by atoms with Crippen LogP contribution < -0.4 is 9.88 Å². The zero-order valence-corrected chi connectivity index (χ0v) is 14.1. The highest BCUT2D eigenvalue weighted by Gasteiger charge is 2.14. The van der Waals surface area contributed by atoms with E-state index >= 15 is 0 Å². The van der Waals surface area contributed by atoms with E-state index in [-0.39, 0.29) is 18.1 Å². The van der Waals surface area contributed by atoms with Gasteiger partial charge in [-0.2, -0.15) is 0 Å². The Kier molecular flexibility index (Phi) is 8.45. The van der Waals surface area contributed by atoms with Crippen molar-refractivity contribution in [3.8, 4) is 5.75 Å². The molecule has 0 aromatic heterocycles. The van der Waals surface area contributed by atoms with Gasteiger partial charge in [-0.25, -0.2) is 13.6 Å². The lowest BCUT2D eigenvalue weighted by molar-refractivity contribution is 0.201. The third kappa shape index (κ3) is 6.77. The summed E-state index contributed by atoms with van der Waals surface area (Å²) in [4.78, 5) is 0.164. The first-order valence-corrected chi connectivity index (χ1v) is 9.43. The number of sulfonamides is 1. The summed E-state index contributed by atoms with van der Waals surface area (Å²) < 4.78 is 28.6. The fourth-order valence-electron chi connectivity index (χ4n) is 2.38. The third-order valence-electron chi connectivity index (χ3n) is 3.50. The fraction of sp³-hybridized carbons (Fsp3) is 0.625. The molecule has 0 radical (unpaired) electrons. The minimum absolute atomic E-state index is 0.0797. The Labute approximate surface area is 133 Å². The number of ether oxygens (including phenoxy) is 1. The number of unbranched alkanes of at least 4 members (excludes halogenated alkanes) is 5. The molecule has 0 aliphatic heterocycles. The molecule has 0 atom stereocenters. The molecule has 0 heterocycles. The van der Waals surface area contributed by atoms with Gasteiger partial charge in [-0.1, -0.05) is 39.0 Å². The van der Waals surface area contributed by atoms with E-state index in [1.54, 1.807) is 12.1 Å². The highest BCUT2D eigenvalue weighted by Crippen LogP contribution is 2.23. The molecular weight excluding hydrogens is 302 g/mol. The van der Waals surface area contributed by atoms with Crippen LogP contribution in [0.1, 0.15) is 51.0 Å². The number of aryl methyl sites for hydroxylation is 1. The van der Waals surface area contributed by atoms with Crippen LogP contribution in [-0.2, 0) is 16.4 Å². The zero-order chi connectivity index (χ0) is 16.4. The predicted octanol–water partition coefficient (Wildman–Crippen LogP) is 2.61. The number of aliphatic hydroxyl groups excluding tert-OH is 1. The van der Waals surface area contributed by atoms with Gasteiger partial charge in [0.05, 0.1) is 11.5 Å². The summed E-state index contributed by atoms with van der Waals surface area (Å²) in [6, 6.07) is 4.76. The number of aliphatic hydroxyl groups is 1. The van der Waals surface area contributed by atoms with Crippen molar-refractivity contribution in [2.24, 2.45) is 5.14 Å². The van der Waals surface area contributed by atoms with Gasteiger partial charge in [-0.3, -0.25) is 0 Å². The maximum Gasteiger partial charge on any atom is 0.238 e. The van der Waals surface area contributed by atoms with Crippen molar-refractivity contribution in [2.45, 2.75) is 56.8 Å². The monoisotopic (exact) mass is 329 g/mol. The summed E-state index contributed by atoms with van der Waals surface area (Å²) in [6.07, 6.45) is 7.50. The van der Waals surface area contributed by atoms with Crippen LogP contribution in [0, 0.1) is 0 Å². The molecule has 0 fully saturated rings. The molecule has 0 amide bonds.